The average Bonchev–Trinajstić information content (AvgIpc) is 3.34. The van der Waals surface area contributed by atoms with Crippen LogP contribution in [0.4, 0.5) is 5.69 Å². The van der Waals surface area contributed by atoms with E-state index in [-0.39, 0.29) is 0 Å². The maximum Gasteiger partial charge on any atom is 0.191 e. The summed E-state index contributed by atoms with van der Waals surface area (Å²) in [6.45, 7) is 10.7. The van der Waals surface area contributed by atoms with Gasteiger partial charge in [0.2, 0.25) is 0 Å². The van der Waals surface area contributed by atoms with Gasteiger partial charge in [-0.15, -0.1) is 0 Å². The fourth-order valence-corrected chi connectivity index (χ4v) is 3.29. The number of anilines is 1. The molecule has 1 atom stereocenters. The van der Waals surface area contributed by atoms with Crippen molar-refractivity contribution in [2.75, 3.05) is 31.1 Å². The van der Waals surface area contributed by atoms with Crippen molar-refractivity contribution >= 4 is 11.6 Å². The topological polar surface area (TPSA) is 65.7 Å². The third-order valence-electron chi connectivity index (χ3n) is 4.87. The zero-order valence-corrected chi connectivity index (χ0v) is 16.6. The lowest BCUT2D eigenvalue weighted by Crippen LogP contribution is -2.40. The Bertz CT molecular complexity index is 725. The highest BCUT2D eigenvalue weighted by Crippen LogP contribution is 2.23. The summed E-state index contributed by atoms with van der Waals surface area (Å²) in [5, 5.41) is 10.9. The molecule has 1 saturated heterocycles. The van der Waals surface area contributed by atoms with Crippen LogP contribution in [-0.2, 0) is 6.54 Å². The molecule has 6 heteroatoms. The molecule has 146 valence electrons. The van der Waals surface area contributed by atoms with Crippen LogP contribution in [0, 0.1) is 5.92 Å². The summed E-state index contributed by atoms with van der Waals surface area (Å²) in [6, 6.07) is 12.6. The maximum absolute atomic E-state index is 5.38. The molecule has 0 saturated carbocycles. The van der Waals surface area contributed by atoms with Crippen molar-refractivity contribution < 1.29 is 4.52 Å². The number of hydrogen-bond acceptors (Lipinski definition) is 4. The first-order valence-corrected chi connectivity index (χ1v) is 9.93. The zero-order valence-electron chi connectivity index (χ0n) is 16.6. The van der Waals surface area contributed by atoms with Crippen LogP contribution < -0.4 is 15.5 Å². The van der Waals surface area contributed by atoms with Gasteiger partial charge in [-0.2, -0.15) is 0 Å². The molecule has 0 amide bonds. The lowest BCUT2D eigenvalue weighted by molar-refractivity contribution is 0.376. The summed E-state index contributed by atoms with van der Waals surface area (Å²) in [7, 11) is 0. The fourth-order valence-electron chi connectivity index (χ4n) is 3.29. The molecule has 1 aliphatic rings. The third kappa shape index (κ3) is 5.49. The smallest absolute Gasteiger partial charge is 0.191 e. The van der Waals surface area contributed by atoms with Crippen LogP contribution in [0.1, 0.15) is 44.6 Å². The largest absolute Gasteiger partial charge is 0.371 e. The highest BCUT2D eigenvalue weighted by atomic mass is 16.5. The minimum atomic E-state index is 0.368. The van der Waals surface area contributed by atoms with E-state index in [2.05, 4.69) is 76.8 Å². The number of nitrogens with one attached hydrogen (secondary N) is 2. The molecule has 2 aromatic rings. The predicted octanol–water partition coefficient (Wildman–Crippen LogP) is 3.38. The Morgan fingerprint density at radius 3 is 2.81 bits per heavy atom. The monoisotopic (exact) mass is 369 g/mol. The van der Waals surface area contributed by atoms with Crippen molar-refractivity contribution in [1.82, 2.24) is 15.8 Å². The van der Waals surface area contributed by atoms with Gasteiger partial charge < -0.3 is 20.1 Å². The lowest BCUT2D eigenvalue weighted by Gasteiger charge is -2.19. The van der Waals surface area contributed by atoms with E-state index >= 15 is 0 Å². The molecule has 0 bridgehead atoms. The van der Waals surface area contributed by atoms with Gasteiger partial charge >= 0.3 is 0 Å². The van der Waals surface area contributed by atoms with Crippen molar-refractivity contribution in [2.24, 2.45) is 10.9 Å². The molecule has 0 aliphatic carbocycles. The Morgan fingerprint density at radius 2 is 2.11 bits per heavy atom. The third-order valence-corrected chi connectivity index (χ3v) is 4.87. The summed E-state index contributed by atoms with van der Waals surface area (Å²) >= 11 is 0. The van der Waals surface area contributed by atoms with Crippen molar-refractivity contribution in [1.29, 1.82) is 0 Å². The van der Waals surface area contributed by atoms with Crippen molar-refractivity contribution in [3.05, 3.63) is 47.9 Å². The van der Waals surface area contributed by atoms with E-state index in [9.17, 15) is 0 Å². The normalized spacial score (nSPS) is 17.6. The lowest BCUT2D eigenvalue weighted by atomic mass is 10.1. The minimum absolute atomic E-state index is 0.368. The quantitative estimate of drug-likeness (QED) is 0.579. The van der Waals surface area contributed by atoms with E-state index in [0.29, 0.717) is 18.4 Å². The fraction of sp³-hybridized carbons (Fsp3) is 0.524. The summed E-state index contributed by atoms with van der Waals surface area (Å²) in [5.41, 5.74) is 2.29. The number of benzene rings is 1. The van der Waals surface area contributed by atoms with E-state index in [4.69, 9.17) is 4.52 Å². The highest BCUT2D eigenvalue weighted by molar-refractivity contribution is 5.79. The van der Waals surface area contributed by atoms with Crippen molar-refractivity contribution in [3.63, 3.8) is 0 Å². The summed E-state index contributed by atoms with van der Waals surface area (Å²) < 4.78 is 5.38. The first kappa shape index (κ1) is 19.3. The molecule has 2 N–H and O–H groups in total. The Hall–Kier alpha value is -2.50. The van der Waals surface area contributed by atoms with Crippen molar-refractivity contribution in [2.45, 2.75) is 39.7 Å². The van der Waals surface area contributed by atoms with Gasteiger partial charge in [0.15, 0.2) is 11.7 Å². The number of aromatic nitrogens is 1. The first-order valence-electron chi connectivity index (χ1n) is 9.93. The second-order valence-electron chi connectivity index (χ2n) is 7.39. The van der Waals surface area contributed by atoms with E-state index in [0.717, 1.165) is 43.6 Å². The molecule has 2 heterocycles. The Labute approximate surface area is 162 Å². The van der Waals surface area contributed by atoms with Gasteiger partial charge in [0.05, 0.1) is 5.69 Å². The molecular weight excluding hydrogens is 338 g/mol. The van der Waals surface area contributed by atoms with Crippen LogP contribution in [0.15, 0.2) is 45.9 Å². The Morgan fingerprint density at radius 1 is 1.30 bits per heavy atom. The summed E-state index contributed by atoms with van der Waals surface area (Å²) in [4.78, 5) is 7.10. The standard InChI is InChI=1S/C21H31N5O/c1-4-22-21(24-14-19-12-20(16(2)3)25-27-19)23-13-17-10-11-26(15-17)18-8-6-5-7-9-18/h5-9,12,16-17H,4,10-11,13-15H2,1-3H3,(H2,22,23,24). The molecule has 3 rings (SSSR count). The highest BCUT2D eigenvalue weighted by Gasteiger charge is 2.22. The predicted molar refractivity (Wildman–Crippen MR) is 110 cm³/mol. The SMILES string of the molecule is CCNC(=NCc1cc(C(C)C)no1)NCC1CCN(c2ccccc2)C1. The second-order valence-corrected chi connectivity index (χ2v) is 7.39. The maximum atomic E-state index is 5.38. The van der Waals surface area contributed by atoms with Gasteiger partial charge in [0.25, 0.3) is 0 Å². The summed E-state index contributed by atoms with van der Waals surface area (Å²) in [6.07, 6.45) is 1.20. The van der Waals surface area contributed by atoms with Gasteiger partial charge in [-0.25, -0.2) is 4.99 Å². The average molecular weight is 370 g/mol. The van der Waals surface area contributed by atoms with Gasteiger partial charge in [-0.1, -0.05) is 37.2 Å². The van der Waals surface area contributed by atoms with Gasteiger partial charge in [-0.05, 0) is 37.3 Å². The number of hydrogen-bond donors (Lipinski definition) is 2. The number of rotatable bonds is 7. The number of guanidine groups is 1. The van der Waals surface area contributed by atoms with Crippen LogP contribution in [0.3, 0.4) is 0 Å². The van der Waals surface area contributed by atoms with E-state index in [1.807, 2.05) is 6.07 Å². The van der Waals surface area contributed by atoms with E-state index < -0.39 is 0 Å². The Kier molecular flexibility index (Phi) is 6.74. The second kappa shape index (κ2) is 9.44. The Balaban J connectivity index is 1.50. The molecule has 0 spiro atoms. The minimum Gasteiger partial charge on any atom is -0.371 e. The first-order chi connectivity index (χ1) is 13.2. The number of nitrogens with zero attached hydrogens (tertiary/aromatic N) is 3. The molecule has 1 aromatic carbocycles. The molecule has 1 fully saturated rings. The van der Waals surface area contributed by atoms with Gasteiger partial charge in [0, 0.05) is 37.9 Å². The van der Waals surface area contributed by atoms with Crippen molar-refractivity contribution in [3.8, 4) is 0 Å². The molecule has 6 nitrogen and oxygen atoms in total. The van der Waals surface area contributed by atoms with Crippen LogP contribution in [-0.4, -0.2) is 37.3 Å². The molecule has 1 unspecified atom stereocenters. The molecule has 27 heavy (non-hydrogen) atoms. The van der Waals surface area contributed by atoms with Gasteiger partial charge in [0.1, 0.15) is 6.54 Å². The van der Waals surface area contributed by atoms with Crippen LogP contribution in [0.5, 0.6) is 0 Å². The molecule has 0 radical (unpaired) electrons. The number of para-hydroxylation sites is 1. The molecular formula is C21H31N5O. The van der Waals surface area contributed by atoms with Crippen LogP contribution in [0.2, 0.25) is 0 Å². The van der Waals surface area contributed by atoms with Crippen LogP contribution in [0.25, 0.3) is 0 Å². The zero-order chi connectivity index (χ0) is 19.1. The van der Waals surface area contributed by atoms with Gasteiger partial charge in [-0.3, -0.25) is 0 Å². The van der Waals surface area contributed by atoms with Crippen LogP contribution >= 0.6 is 0 Å². The van der Waals surface area contributed by atoms with E-state index in [1.165, 1.54) is 12.1 Å². The molecule has 1 aliphatic heterocycles. The van der Waals surface area contributed by atoms with E-state index in [1.54, 1.807) is 0 Å². The summed E-state index contributed by atoms with van der Waals surface area (Å²) in [5.74, 6) is 2.62. The number of aliphatic imine (C=N–C) groups is 1. The molecule has 1 aromatic heterocycles.